The lowest BCUT2D eigenvalue weighted by Gasteiger charge is -2.16. The Labute approximate surface area is 225 Å². The van der Waals surface area contributed by atoms with E-state index >= 15 is 0 Å². The Morgan fingerprint density at radius 3 is 2.68 bits per heavy atom. The summed E-state index contributed by atoms with van der Waals surface area (Å²) in [6, 6.07) is 16.6. The van der Waals surface area contributed by atoms with Crippen molar-refractivity contribution in [1.82, 2.24) is 9.97 Å². The first kappa shape index (κ1) is 26.5. The van der Waals surface area contributed by atoms with Gasteiger partial charge in [0.2, 0.25) is 5.91 Å². The highest BCUT2D eigenvalue weighted by Crippen LogP contribution is 2.37. The molecule has 9 heteroatoms. The van der Waals surface area contributed by atoms with Gasteiger partial charge in [-0.2, -0.15) is 5.26 Å². The van der Waals surface area contributed by atoms with Crippen molar-refractivity contribution < 1.29 is 14.3 Å². The number of hydrogen-bond donors (Lipinski definition) is 2. The highest BCUT2D eigenvalue weighted by atomic mass is 35.5. The van der Waals surface area contributed by atoms with E-state index in [-0.39, 0.29) is 12.5 Å². The number of carbonyl (C=O) groups excluding carboxylic acids is 1. The molecular weight excluding hydrogens is 502 g/mol. The molecular formula is C29H26ClN5O3. The first-order valence-corrected chi connectivity index (χ1v) is 12.5. The maximum absolute atomic E-state index is 12.4. The van der Waals surface area contributed by atoms with Crippen LogP contribution in [0.25, 0.3) is 10.9 Å². The number of nitrogens with zero attached hydrogens (tertiary/aromatic N) is 3. The number of carbonyl (C=O) groups is 1. The number of anilines is 3. The lowest BCUT2D eigenvalue weighted by Crippen LogP contribution is -2.10. The van der Waals surface area contributed by atoms with E-state index in [0.29, 0.717) is 56.7 Å². The molecule has 4 rings (SSSR count). The third-order valence-electron chi connectivity index (χ3n) is 5.46. The van der Waals surface area contributed by atoms with Gasteiger partial charge >= 0.3 is 0 Å². The van der Waals surface area contributed by atoms with E-state index in [9.17, 15) is 10.1 Å². The molecule has 38 heavy (non-hydrogen) atoms. The third kappa shape index (κ3) is 6.38. The van der Waals surface area contributed by atoms with Crippen LogP contribution in [0.3, 0.4) is 0 Å². The van der Waals surface area contributed by atoms with Crippen LogP contribution in [0.5, 0.6) is 11.5 Å². The van der Waals surface area contributed by atoms with Gasteiger partial charge in [0.1, 0.15) is 24.2 Å². The van der Waals surface area contributed by atoms with E-state index in [2.05, 4.69) is 26.7 Å². The Balaban J connectivity index is 1.67. The summed E-state index contributed by atoms with van der Waals surface area (Å²) in [6.07, 6.45) is 7.18. The lowest BCUT2D eigenvalue weighted by atomic mass is 10.1. The second kappa shape index (κ2) is 12.6. The van der Waals surface area contributed by atoms with Crippen molar-refractivity contribution >= 4 is 45.5 Å². The topological polar surface area (TPSA) is 109 Å². The second-order valence-electron chi connectivity index (χ2n) is 8.14. The van der Waals surface area contributed by atoms with Crippen molar-refractivity contribution in [1.29, 1.82) is 5.26 Å². The summed E-state index contributed by atoms with van der Waals surface area (Å²) in [5, 5.41) is 17.0. The molecule has 8 nitrogen and oxygen atoms in total. The number of pyridine rings is 2. The van der Waals surface area contributed by atoms with Crippen LogP contribution in [-0.4, -0.2) is 22.5 Å². The summed E-state index contributed by atoms with van der Waals surface area (Å²) < 4.78 is 11.6. The lowest BCUT2D eigenvalue weighted by molar-refractivity contribution is -0.111. The van der Waals surface area contributed by atoms with Crippen LogP contribution in [0, 0.1) is 11.3 Å². The summed E-state index contributed by atoms with van der Waals surface area (Å²) in [6.45, 7) is 4.50. The van der Waals surface area contributed by atoms with Gasteiger partial charge in [-0.1, -0.05) is 30.7 Å². The minimum atomic E-state index is -0.279. The highest BCUT2D eigenvalue weighted by Gasteiger charge is 2.16. The first-order chi connectivity index (χ1) is 18.5. The number of nitriles is 1. The second-order valence-corrected chi connectivity index (χ2v) is 8.54. The standard InChI is InChI=1S/C29H26ClN5O3/c1-3-5-9-28(36)35-25-14-22-24(15-27(25)37-4-2)33-17-19(16-31)29(22)34-20-10-11-26(23(30)13-20)38-18-21-8-6-7-12-32-21/h5-15,17H,3-4,18H2,1-2H3,(H,33,34)(H,35,36)/b9-5+. The summed E-state index contributed by atoms with van der Waals surface area (Å²) in [7, 11) is 0. The summed E-state index contributed by atoms with van der Waals surface area (Å²) in [5.74, 6) is 0.715. The van der Waals surface area contributed by atoms with Crippen molar-refractivity contribution in [2.75, 3.05) is 17.2 Å². The number of allylic oxidation sites excluding steroid dienone is 1. The number of benzene rings is 2. The Kier molecular flexibility index (Phi) is 8.75. The van der Waals surface area contributed by atoms with E-state index in [1.807, 2.05) is 32.0 Å². The molecule has 192 valence electrons. The SMILES string of the molecule is CC/C=C/C(=O)Nc1cc2c(Nc3ccc(OCc4ccccn4)c(Cl)c3)c(C#N)cnc2cc1OCC. The van der Waals surface area contributed by atoms with E-state index in [0.717, 1.165) is 12.1 Å². The Morgan fingerprint density at radius 1 is 1.11 bits per heavy atom. The number of halogens is 1. The van der Waals surface area contributed by atoms with E-state index < -0.39 is 0 Å². The zero-order chi connectivity index (χ0) is 26.9. The van der Waals surface area contributed by atoms with Gasteiger partial charge < -0.3 is 20.1 Å². The van der Waals surface area contributed by atoms with Gasteiger partial charge in [-0.05, 0) is 55.8 Å². The highest BCUT2D eigenvalue weighted by molar-refractivity contribution is 6.32. The molecule has 0 saturated heterocycles. The molecule has 0 radical (unpaired) electrons. The molecule has 2 aromatic heterocycles. The number of fused-ring (bicyclic) bond motifs is 1. The van der Waals surface area contributed by atoms with Crippen LogP contribution >= 0.6 is 11.6 Å². The number of rotatable bonds is 10. The van der Waals surface area contributed by atoms with Crippen LogP contribution in [0.2, 0.25) is 5.02 Å². The molecule has 0 aliphatic heterocycles. The van der Waals surface area contributed by atoms with Crippen molar-refractivity contribution in [2.45, 2.75) is 26.9 Å². The van der Waals surface area contributed by atoms with Crippen LogP contribution in [0.15, 0.2) is 73.1 Å². The molecule has 0 unspecified atom stereocenters. The summed E-state index contributed by atoms with van der Waals surface area (Å²) in [4.78, 5) is 21.1. The molecule has 0 bridgehead atoms. The predicted octanol–water partition coefficient (Wildman–Crippen LogP) is 6.78. The zero-order valence-corrected chi connectivity index (χ0v) is 21.7. The molecule has 0 spiro atoms. The Bertz CT molecular complexity index is 1520. The fourth-order valence-electron chi connectivity index (χ4n) is 3.69. The van der Waals surface area contributed by atoms with Crippen LogP contribution in [0.4, 0.5) is 17.1 Å². The molecule has 4 aromatic rings. The van der Waals surface area contributed by atoms with Gasteiger partial charge in [0, 0.05) is 29.5 Å². The average molecular weight is 528 g/mol. The Morgan fingerprint density at radius 2 is 1.97 bits per heavy atom. The van der Waals surface area contributed by atoms with Crippen LogP contribution in [-0.2, 0) is 11.4 Å². The molecule has 2 aromatic carbocycles. The van der Waals surface area contributed by atoms with Gasteiger partial charge in [0.15, 0.2) is 0 Å². The van der Waals surface area contributed by atoms with Crippen LogP contribution in [0.1, 0.15) is 31.5 Å². The van der Waals surface area contributed by atoms with Gasteiger partial charge in [-0.15, -0.1) is 0 Å². The van der Waals surface area contributed by atoms with Gasteiger partial charge in [-0.3, -0.25) is 14.8 Å². The molecule has 0 saturated carbocycles. The number of amides is 1. The summed E-state index contributed by atoms with van der Waals surface area (Å²) in [5.41, 5.74) is 3.36. The predicted molar refractivity (Wildman–Crippen MR) is 149 cm³/mol. The average Bonchev–Trinajstić information content (AvgIpc) is 2.93. The summed E-state index contributed by atoms with van der Waals surface area (Å²) >= 11 is 6.50. The first-order valence-electron chi connectivity index (χ1n) is 12.1. The minimum Gasteiger partial charge on any atom is -0.492 e. The van der Waals surface area contributed by atoms with Gasteiger partial charge in [0.05, 0.1) is 39.8 Å². The molecule has 1 amide bonds. The third-order valence-corrected chi connectivity index (χ3v) is 5.75. The molecule has 0 fully saturated rings. The normalized spacial score (nSPS) is 10.8. The molecule has 0 aliphatic rings. The zero-order valence-electron chi connectivity index (χ0n) is 21.0. The van der Waals surface area contributed by atoms with E-state index in [4.69, 9.17) is 21.1 Å². The largest absolute Gasteiger partial charge is 0.492 e. The van der Waals surface area contributed by atoms with Crippen LogP contribution < -0.4 is 20.1 Å². The quantitative estimate of drug-likeness (QED) is 0.219. The fourth-order valence-corrected chi connectivity index (χ4v) is 3.92. The number of nitrogens with one attached hydrogen (secondary N) is 2. The smallest absolute Gasteiger partial charge is 0.248 e. The van der Waals surface area contributed by atoms with Crippen molar-refractivity contribution in [2.24, 2.45) is 0 Å². The maximum Gasteiger partial charge on any atom is 0.248 e. The van der Waals surface area contributed by atoms with Gasteiger partial charge in [0.25, 0.3) is 0 Å². The number of hydrogen-bond acceptors (Lipinski definition) is 7. The maximum atomic E-state index is 12.4. The van der Waals surface area contributed by atoms with Crippen molar-refractivity contribution in [3.63, 3.8) is 0 Å². The van der Waals surface area contributed by atoms with Crippen molar-refractivity contribution in [3.05, 3.63) is 89.4 Å². The molecule has 0 atom stereocenters. The van der Waals surface area contributed by atoms with Crippen molar-refractivity contribution in [3.8, 4) is 17.6 Å². The van der Waals surface area contributed by atoms with E-state index in [1.165, 1.54) is 12.3 Å². The number of ether oxygens (including phenoxy) is 2. The fraction of sp³-hybridized carbons (Fsp3) is 0.172. The molecule has 0 aliphatic carbocycles. The van der Waals surface area contributed by atoms with Gasteiger partial charge in [-0.25, -0.2) is 0 Å². The monoisotopic (exact) mass is 527 g/mol. The Hall–Kier alpha value is -4.61. The minimum absolute atomic E-state index is 0.279. The molecule has 2 heterocycles. The van der Waals surface area contributed by atoms with E-state index in [1.54, 1.807) is 42.6 Å². The number of aromatic nitrogens is 2. The molecule has 2 N–H and O–H groups in total.